The van der Waals surface area contributed by atoms with Gasteiger partial charge in [0.25, 0.3) is 0 Å². The number of fused-ring (bicyclic) bond motifs is 8. The Balaban J connectivity index is 1.77. The Labute approximate surface area is 233 Å². The summed E-state index contributed by atoms with van der Waals surface area (Å²) in [7, 11) is 0. The molecule has 0 fully saturated rings. The predicted octanol–water partition coefficient (Wildman–Crippen LogP) is 7.33. The molecule has 0 saturated carbocycles. The highest BCUT2D eigenvalue weighted by atomic mass is 16.4. The fraction of sp³-hybridized carbons (Fsp3) is 0.394. The van der Waals surface area contributed by atoms with Crippen LogP contribution in [0.3, 0.4) is 0 Å². The highest BCUT2D eigenvalue weighted by Crippen LogP contribution is 2.44. The molecule has 3 aromatic rings. The van der Waals surface area contributed by atoms with Crippen LogP contribution in [0.1, 0.15) is 114 Å². The Hall–Kier alpha value is -4.00. The minimum Gasteiger partial charge on any atom is -0.481 e. The largest absolute Gasteiger partial charge is 0.481 e. The summed E-state index contributed by atoms with van der Waals surface area (Å²) in [6.45, 7) is 12.7. The van der Waals surface area contributed by atoms with Crippen molar-refractivity contribution in [3.63, 3.8) is 0 Å². The van der Waals surface area contributed by atoms with Gasteiger partial charge < -0.3 is 15.1 Å². The van der Waals surface area contributed by atoms with Crippen LogP contribution >= 0.6 is 0 Å². The standard InChI is InChI=1S/C33H36N4O3/c1-7-19-15(3)23-12-25-17(5)21(9-10-30(39)40)32(36-25)22-11-29(38)31-18(6)26(37-33(22)31)14-28-20(8-2)16(4)24(35-28)13-27(19)34-23/h12-14,17,21,34,37H,7-11H2,1-6H3,(H,39,40)/t17-,21-/m0/s1. The molecule has 40 heavy (non-hydrogen) atoms. The van der Waals surface area contributed by atoms with E-state index in [1.54, 1.807) is 0 Å². The number of aryl methyl sites for hydroxylation is 3. The summed E-state index contributed by atoms with van der Waals surface area (Å²) < 4.78 is 0. The number of carboxylic acids is 1. The first-order valence-electron chi connectivity index (χ1n) is 14.3. The van der Waals surface area contributed by atoms with Gasteiger partial charge in [-0.1, -0.05) is 20.8 Å². The van der Waals surface area contributed by atoms with Gasteiger partial charge in [-0.2, -0.15) is 0 Å². The molecule has 0 unspecified atom stereocenters. The fourth-order valence-electron chi connectivity index (χ4n) is 6.93. The SMILES string of the molecule is CCC1=C(C)c2cc3[nH]c(cc4nc(c5c6[nH]c(cc1n2)c(C)c6C(=O)C5)[C@@H](CCC(=O)O)[C@@H]4C)c(C)c3CC. The van der Waals surface area contributed by atoms with Crippen molar-refractivity contribution in [3.8, 4) is 0 Å². The maximum Gasteiger partial charge on any atom is 0.303 e. The maximum atomic E-state index is 13.4. The van der Waals surface area contributed by atoms with Gasteiger partial charge in [-0.3, -0.25) is 14.6 Å². The van der Waals surface area contributed by atoms with Crippen molar-refractivity contribution >= 4 is 45.0 Å². The summed E-state index contributed by atoms with van der Waals surface area (Å²) >= 11 is 0. The number of carboxylic acid groups (broad SMARTS) is 1. The molecule has 0 aromatic carbocycles. The molecule has 7 nitrogen and oxygen atoms in total. The Morgan fingerprint density at radius 3 is 2.40 bits per heavy atom. The maximum absolute atomic E-state index is 13.4. The van der Waals surface area contributed by atoms with Gasteiger partial charge >= 0.3 is 5.97 Å². The number of aromatic amines is 2. The molecule has 0 radical (unpaired) electrons. The monoisotopic (exact) mass is 536 g/mol. The number of carbonyl (C=O) groups excluding carboxylic acids is 1. The van der Waals surface area contributed by atoms with Gasteiger partial charge in [0.05, 0.1) is 22.6 Å². The Morgan fingerprint density at radius 2 is 1.70 bits per heavy atom. The fourth-order valence-corrected chi connectivity index (χ4v) is 6.93. The van der Waals surface area contributed by atoms with Crippen molar-refractivity contribution in [1.29, 1.82) is 0 Å². The van der Waals surface area contributed by atoms with Crippen LogP contribution in [-0.4, -0.2) is 36.8 Å². The van der Waals surface area contributed by atoms with Crippen molar-refractivity contribution < 1.29 is 14.7 Å². The second-order valence-electron chi connectivity index (χ2n) is 11.4. The third-order valence-corrected chi connectivity index (χ3v) is 9.26. The Bertz CT molecular complexity index is 1800. The van der Waals surface area contributed by atoms with Gasteiger partial charge in [-0.15, -0.1) is 0 Å². The molecule has 2 aliphatic heterocycles. The number of hydrogen-bond donors (Lipinski definition) is 3. The van der Waals surface area contributed by atoms with Crippen molar-refractivity contribution in [2.24, 2.45) is 0 Å². The lowest BCUT2D eigenvalue weighted by Gasteiger charge is -2.16. The average Bonchev–Trinajstić information content (AvgIpc) is 3.65. The van der Waals surface area contributed by atoms with Crippen LogP contribution < -0.4 is 0 Å². The van der Waals surface area contributed by atoms with Crippen LogP contribution in [0.15, 0.2) is 18.2 Å². The zero-order chi connectivity index (χ0) is 28.5. The summed E-state index contributed by atoms with van der Waals surface area (Å²) in [4.78, 5) is 42.4. The smallest absolute Gasteiger partial charge is 0.303 e. The average molecular weight is 537 g/mol. The van der Waals surface area contributed by atoms with E-state index in [1.807, 2.05) is 6.92 Å². The van der Waals surface area contributed by atoms with Gasteiger partial charge in [0.15, 0.2) is 5.78 Å². The van der Waals surface area contributed by atoms with Crippen LogP contribution in [0.5, 0.6) is 0 Å². The van der Waals surface area contributed by atoms with Crippen LogP contribution in [0.2, 0.25) is 0 Å². The first-order valence-corrected chi connectivity index (χ1v) is 14.3. The number of Topliss-reactive ketones (excluding diaryl/α,β-unsaturated/α-hetero) is 1. The Morgan fingerprint density at radius 1 is 0.975 bits per heavy atom. The number of ketones is 1. The molecular formula is C33H36N4O3. The highest BCUT2D eigenvalue weighted by molar-refractivity contribution is 6.13. The quantitative estimate of drug-likeness (QED) is 0.316. The van der Waals surface area contributed by atoms with E-state index < -0.39 is 5.97 Å². The molecule has 0 spiro atoms. The van der Waals surface area contributed by atoms with Crippen LogP contribution in [0.25, 0.3) is 33.2 Å². The van der Waals surface area contributed by atoms with Crippen molar-refractivity contribution in [1.82, 2.24) is 19.9 Å². The predicted molar refractivity (Wildman–Crippen MR) is 159 cm³/mol. The Kier molecular flexibility index (Phi) is 6.28. The zero-order valence-electron chi connectivity index (χ0n) is 24.1. The van der Waals surface area contributed by atoms with Crippen LogP contribution in [0, 0.1) is 13.8 Å². The highest BCUT2D eigenvalue weighted by Gasteiger charge is 2.35. The first-order chi connectivity index (χ1) is 19.1. The van der Waals surface area contributed by atoms with Crippen LogP contribution in [-0.2, 0) is 17.6 Å². The molecule has 3 N–H and O–H groups in total. The lowest BCUT2D eigenvalue weighted by atomic mass is 9.85. The molecule has 1 aliphatic carbocycles. The molecule has 2 atom stereocenters. The van der Waals surface area contributed by atoms with Gasteiger partial charge in [-0.05, 0) is 86.1 Å². The second-order valence-corrected chi connectivity index (χ2v) is 11.4. The third-order valence-electron chi connectivity index (χ3n) is 9.26. The molecule has 7 heteroatoms. The zero-order valence-corrected chi connectivity index (χ0v) is 24.1. The summed E-state index contributed by atoms with van der Waals surface area (Å²) in [5, 5.41) is 9.50. The minimum atomic E-state index is -0.820. The van der Waals surface area contributed by atoms with E-state index in [0.717, 1.165) is 74.4 Å². The number of nitrogens with zero attached hydrogens (tertiary/aromatic N) is 2. The number of aliphatic carboxylic acids is 1. The van der Waals surface area contributed by atoms with E-state index >= 15 is 0 Å². The normalized spacial score (nSPS) is 18.2. The van der Waals surface area contributed by atoms with Gasteiger partial charge in [0.2, 0.25) is 0 Å². The topological polar surface area (TPSA) is 112 Å². The number of carbonyl (C=O) groups is 2. The van der Waals surface area contributed by atoms with Gasteiger partial charge in [-0.25, -0.2) is 4.98 Å². The molecule has 0 amide bonds. The second kappa shape index (κ2) is 9.58. The number of rotatable bonds is 5. The van der Waals surface area contributed by atoms with Gasteiger partial charge in [0.1, 0.15) is 0 Å². The van der Waals surface area contributed by atoms with Gasteiger partial charge in [0, 0.05) is 58.0 Å². The van der Waals surface area contributed by atoms with E-state index in [-0.39, 0.29) is 30.5 Å². The van der Waals surface area contributed by atoms with E-state index in [1.165, 1.54) is 22.3 Å². The first kappa shape index (κ1) is 26.2. The summed E-state index contributed by atoms with van der Waals surface area (Å²) in [6.07, 6.45) is 2.55. The molecule has 0 saturated heterocycles. The number of allylic oxidation sites excluding steroid dienone is 2. The lowest BCUT2D eigenvalue weighted by Crippen LogP contribution is -2.08. The molecule has 3 aromatic heterocycles. The number of H-pyrrole nitrogens is 2. The van der Waals surface area contributed by atoms with E-state index in [4.69, 9.17) is 9.97 Å². The third kappa shape index (κ3) is 3.94. The minimum absolute atomic E-state index is 0.0206. The molecular weight excluding hydrogens is 500 g/mol. The molecule has 3 aliphatic rings. The van der Waals surface area contributed by atoms with Crippen LogP contribution in [0.4, 0.5) is 0 Å². The number of aromatic nitrogens is 4. The van der Waals surface area contributed by atoms with Crippen molar-refractivity contribution in [2.45, 2.75) is 85.5 Å². The molecule has 5 heterocycles. The van der Waals surface area contributed by atoms with E-state index in [0.29, 0.717) is 6.42 Å². The molecule has 206 valence electrons. The molecule has 8 bridgehead atoms. The summed E-state index contributed by atoms with van der Waals surface area (Å²) in [5.74, 6) is -0.798. The van der Waals surface area contributed by atoms with E-state index in [9.17, 15) is 14.7 Å². The van der Waals surface area contributed by atoms with E-state index in [2.05, 4.69) is 62.8 Å². The number of nitrogens with one attached hydrogen (secondary N) is 2. The summed E-state index contributed by atoms with van der Waals surface area (Å²) in [5.41, 5.74) is 14.8. The number of hydrogen-bond acceptors (Lipinski definition) is 4. The summed E-state index contributed by atoms with van der Waals surface area (Å²) in [6, 6.07) is 6.35. The van der Waals surface area contributed by atoms with Crippen molar-refractivity contribution in [2.75, 3.05) is 0 Å². The lowest BCUT2D eigenvalue weighted by molar-refractivity contribution is -0.137. The van der Waals surface area contributed by atoms with Crippen molar-refractivity contribution in [3.05, 3.63) is 68.8 Å². The molecule has 6 rings (SSSR count).